The minimum Gasteiger partial charge on any atom is -0.207 e. The predicted octanol–water partition coefficient (Wildman–Crippen LogP) is 3.01. The summed E-state index contributed by atoms with van der Waals surface area (Å²) < 4.78 is 40.8. The molecular formula is C13H15BrFNO2S. The van der Waals surface area contributed by atoms with Crippen molar-refractivity contribution in [3.8, 4) is 0 Å². The van der Waals surface area contributed by atoms with E-state index in [-0.39, 0.29) is 4.90 Å². The van der Waals surface area contributed by atoms with Crippen molar-refractivity contribution >= 4 is 26.0 Å². The zero-order valence-electron chi connectivity index (χ0n) is 10.4. The normalized spacial score (nSPS) is 27.7. The van der Waals surface area contributed by atoms with Crippen molar-refractivity contribution in [3.05, 3.63) is 28.5 Å². The second-order valence-corrected chi connectivity index (χ2v) is 8.17. The lowest BCUT2D eigenvalue weighted by molar-refractivity contribution is 0.440. The molecule has 2 aliphatic rings. The average Bonchev–Trinajstić information content (AvgIpc) is 2.87. The Morgan fingerprint density at radius 2 is 1.84 bits per heavy atom. The van der Waals surface area contributed by atoms with Gasteiger partial charge < -0.3 is 0 Å². The fourth-order valence-corrected chi connectivity index (χ4v) is 5.14. The molecule has 6 heteroatoms. The van der Waals surface area contributed by atoms with E-state index in [0.29, 0.717) is 29.4 Å². The molecule has 104 valence electrons. The number of nitrogens with zero attached hydrogens (tertiary/aromatic N) is 1. The second-order valence-electron chi connectivity index (χ2n) is 5.35. The first-order valence-corrected chi connectivity index (χ1v) is 8.67. The Morgan fingerprint density at radius 1 is 1.21 bits per heavy atom. The highest BCUT2D eigenvalue weighted by atomic mass is 79.9. The topological polar surface area (TPSA) is 37.4 Å². The quantitative estimate of drug-likeness (QED) is 0.824. The maximum atomic E-state index is 13.9. The van der Waals surface area contributed by atoms with E-state index in [1.54, 1.807) is 6.07 Å². The van der Waals surface area contributed by atoms with Gasteiger partial charge in [0, 0.05) is 17.6 Å². The Bertz CT molecular complexity index is 593. The van der Waals surface area contributed by atoms with Gasteiger partial charge in [-0.2, -0.15) is 4.31 Å². The van der Waals surface area contributed by atoms with Crippen LogP contribution >= 0.6 is 15.9 Å². The van der Waals surface area contributed by atoms with Crippen LogP contribution in [-0.2, 0) is 10.0 Å². The van der Waals surface area contributed by atoms with E-state index >= 15 is 0 Å². The van der Waals surface area contributed by atoms with Crippen molar-refractivity contribution < 1.29 is 12.8 Å². The van der Waals surface area contributed by atoms with Gasteiger partial charge in [-0.05, 0) is 42.9 Å². The third-order valence-corrected chi connectivity index (χ3v) is 6.56. The molecule has 1 aliphatic carbocycles. The van der Waals surface area contributed by atoms with Crippen molar-refractivity contribution in [2.45, 2.75) is 24.2 Å². The molecule has 1 aromatic carbocycles. The van der Waals surface area contributed by atoms with Crippen molar-refractivity contribution in [2.24, 2.45) is 11.8 Å². The smallest absolute Gasteiger partial charge is 0.207 e. The lowest BCUT2D eigenvalue weighted by Crippen LogP contribution is -2.30. The molecule has 1 saturated heterocycles. The molecule has 0 spiro atoms. The molecule has 2 unspecified atom stereocenters. The van der Waals surface area contributed by atoms with Gasteiger partial charge in [-0.1, -0.05) is 22.4 Å². The molecule has 0 N–H and O–H groups in total. The van der Waals surface area contributed by atoms with Crippen molar-refractivity contribution in [1.82, 2.24) is 4.31 Å². The molecule has 2 fully saturated rings. The Kier molecular flexibility index (Phi) is 3.43. The average molecular weight is 348 g/mol. The largest absolute Gasteiger partial charge is 0.246 e. The molecular weight excluding hydrogens is 333 g/mol. The third kappa shape index (κ3) is 2.34. The summed E-state index contributed by atoms with van der Waals surface area (Å²) in [4.78, 5) is -0.212. The molecule has 0 amide bonds. The van der Waals surface area contributed by atoms with Crippen LogP contribution in [0.1, 0.15) is 19.3 Å². The van der Waals surface area contributed by atoms with Gasteiger partial charge in [-0.3, -0.25) is 0 Å². The molecule has 3 rings (SSSR count). The van der Waals surface area contributed by atoms with Gasteiger partial charge in [0.15, 0.2) is 0 Å². The summed E-state index contributed by atoms with van der Waals surface area (Å²) >= 11 is 3.14. The number of rotatable bonds is 2. The van der Waals surface area contributed by atoms with E-state index in [1.165, 1.54) is 22.9 Å². The number of benzene rings is 1. The zero-order valence-corrected chi connectivity index (χ0v) is 12.8. The van der Waals surface area contributed by atoms with E-state index in [1.807, 2.05) is 0 Å². The van der Waals surface area contributed by atoms with E-state index < -0.39 is 15.8 Å². The van der Waals surface area contributed by atoms with Gasteiger partial charge in [-0.15, -0.1) is 0 Å². The van der Waals surface area contributed by atoms with E-state index in [0.717, 1.165) is 12.8 Å². The summed E-state index contributed by atoms with van der Waals surface area (Å²) in [7, 11) is -3.69. The minimum atomic E-state index is -3.69. The standard InChI is InChI=1S/C13H15BrFNO2S/c14-11-4-5-13(12(15)6-11)19(17,18)16-7-9-2-1-3-10(9)8-16/h4-6,9-10H,1-3,7-8H2. The van der Waals surface area contributed by atoms with Gasteiger partial charge in [0.1, 0.15) is 10.7 Å². The van der Waals surface area contributed by atoms with Crippen molar-refractivity contribution in [3.63, 3.8) is 0 Å². The van der Waals surface area contributed by atoms with Gasteiger partial charge in [0.2, 0.25) is 10.0 Å². The van der Waals surface area contributed by atoms with Gasteiger partial charge >= 0.3 is 0 Å². The number of halogens is 2. The number of fused-ring (bicyclic) bond motifs is 1. The van der Waals surface area contributed by atoms with Gasteiger partial charge in [-0.25, -0.2) is 12.8 Å². The van der Waals surface area contributed by atoms with Crippen LogP contribution in [0.2, 0.25) is 0 Å². The Labute approximate surface area is 121 Å². The Hall–Kier alpha value is -0.460. The first kappa shape index (κ1) is 13.5. The summed E-state index contributed by atoms with van der Waals surface area (Å²) in [5, 5.41) is 0. The van der Waals surface area contributed by atoms with Crippen LogP contribution in [0.15, 0.2) is 27.6 Å². The van der Waals surface area contributed by atoms with Crippen LogP contribution < -0.4 is 0 Å². The minimum absolute atomic E-state index is 0.212. The van der Waals surface area contributed by atoms with Crippen LogP contribution in [0.25, 0.3) is 0 Å². The fraction of sp³-hybridized carbons (Fsp3) is 0.538. The molecule has 3 nitrogen and oxygen atoms in total. The third-order valence-electron chi connectivity index (χ3n) is 4.20. The number of sulfonamides is 1. The predicted molar refractivity (Wildman–Crippen MR) is 73.7 cm³/mol. The number of hydrogen-bond donors (Lipinski definition) is 0. The molecule has 1 heterocycles. The molecule has 1 aliphatic heterocycles. The van der Waals surface area contributed by atoms with Crippen LogP contribution in [0.5, 0.6) is 0 Å². The summed E-state index contributed by atoms with van der Waals surface area (Å²) in [6, 6.07) is 4.10. The summed E-state index contributed by atoms with van der Waals surface area (Å²) in [5.41, 5.74) is 0. The van der Waals surface area contributed by atoms with Crippen LogP contribution in [0, 0.1) is 17.7 Å². The summed E-state index contributed by atoms with van der Waals surface area (Å²) in [6.07, 6.45) is 3.38. The van der Waals surface area contributed by atoms with Crippen molar-refractivity contribution in [2.75, 3.05) is 13.1 Å². The molecule has 2 atom stereocenters. The maximum Gasteiger partial charge on any atom is 0.246 e. The molecule has 0 aromatic heterocycles. The highest BCUT2D eigenvalue weighted by Gasteiger charge is 2.42. The highest BCUT2D eigenvalue weighted by molar-refractivity contribution is 9.10. The van der Waals surface area contributed by atoms with E-state index in [9.17, 15) is 12.8 Å². The lowest BCUT2D eigenvalue weighted by Gasteiger charge is -2.17. The van der Waals surface area contributed by atoms with Crippen LogP contribution in [0.4, 0.5) is 4.39 Å². The van der Waals surface area contributed by atoms with E-state index in [4.69, 9.17) is 0 Å². The lowest BCUT2D eigenvalue weighted by atomic mass is 10.0. The maximum absolute atomic E-state index is 13.9. The zero-order chi connectivity index (χ0) is 13.6. The Morgan fingerprint density at radius 3 is 2.42 bits per heavy atom. The first-order chi connectivity index (χ1) is 8.98. The molecule has 1 saturated carbocycles. The highest BCUT2D eigenvalue weighted by Crippen LogP contribution is 2.40. The van der Waals surface area contributed by atoms with Crippen molar-refractivity contribution in [1.29, 1.82) is 0 Å². The monoisotopic (exact) mass is 347 g/mol. The summed E-state index contributed by atoms with van der Waals surface area (Å²) in [5.74, 6) is 0.244. The van der Waals surface area contributed by atoms with E-state index in [2.05, 4.69) is 15.9 Å². The number of hydrogen-bond acceptors (Lipinski definition) is 2. The summed E-state index contributed by atoms with van der Waals surface area (Å²) in [6.45, 7) is 1.09. The second kappa shape index (κ2) is 4.82. The molecule has 0 bridgehead atoms. The van der Waals surface area contributed by atoms with Gasteiger partial charge in [0.25, 0.3) is 0 Å². The fourth-order valence-electron chi connectivity index (χ4n) is 3.21. The Balaban J connectivity index is 1.91. The van der Waals surface area contributed by atoms with Crippen LogP contribution in [-0.4, -0.2) is 25.8 Å². The SMILES string of the molecule is O=S(=O)(c1ccc(Br)cc1F)N1CC2CCCC2C1. The molecule has 19 heavy (non-hydrogen) atoms. The molecule has 1 aromatic rings. The first-order valence-electron chi connectivity index (χ1n) is 6.43. The molecule has 0 radical (unpaired) electrons. The van der Waals surface area contributed by atoms with Crippen LogP contribution in [0.3, 0.4) is 0 Å². The van der Waals surface area contributed by atoms with Gasteiger partial charge in [0.05, 0.1) is 0 Å².